The Labute approximate surface area is 188 Å². The van der Waals surface area contributed by atoms with E-state index in [2.05, 4.69) is 17.1 Å². The third kappa shape index (κ3) is 5.81. The highest BCUT2D eigenvalue weighted by Gasteiger charge is 2.32. The van der Waals surface area contributed by atoms with E-state index < -0.39 is 0 Å². The molecule has 3 rings (SSSR count). The molecule has 7 heteroatoms. The summed E-state index contributed by atoms with van der Waals surface area (Å²) in [5.74, 6) is 1.56. The summed E-state index contributed by atoms with van der Waals surface area (Å²) in [7, 11) is 1.63. The van der Waals surface area contributed by atoms with Crippen LogP contribution in [0.5, 0.6) is 11.5 Å². The Bertz CT molecular complexity index is 885. The lowest BCUT2D eigenvalue weighted by Gasteiger charge is -2.38. The number of halogens is 2. The molecule has 0 radical (unpaired) electrons. The number of likely N-dealkylation sites (tertiary alicyclic amines) is 1. The van der Waals surface area contributed by atoms with Gasteiger partial charge in [0, 0.05) is 41.3 Å². The highest BCUT2D eigenvalue weighted by molar-refractivity contribution is 6.35. The van der Waals surface area contributed by atoms with Gasteiger partial charge >= 0.3 is 0 Å². The molecule has 1 heterocycles. The Hall–Kier alpha value is -1.95. The Balaban J connectivity index is 1.54. The lowest BCUT2D eigenvalue weighted by Crippen LogP contribution is -2.54. The number of carbonyl (C=O) groups is 1. The van der Waals surface area contributed by atoms with E-state index in [1.807, 2.05) is 31.2 Å². The predicted molar refractivity (Wildman–Crippen MR) is 120 cm³/mol. The zero-order valence-electron chi connectivity index (χ0n) is 17.6. The summed E-state index contributed by atoms with van der Waals surface area (Å²) in [6.45, 7) is 6.75. The first-order chi connectivity index (χ1) is 14.4. The van der Waals surface area contributed by atoms with Gasteiger partial charge in [-0.1, -0.05) is 42.3 Å². The largest absolute Gasteiger partial charge is 0.493 e. The average Bonchev–Trinajstić information content (AvgIpc) is 2.69. The second-order valence-electron chi connectivity index (χ2n) is 7.72. The first kappa shape index (κ1) is 22.7. The molecule has 1 amide bonds. The number of rotatable bonds is 9. The minimum atomic E-state index is 0.0765. The lowest BCUT2D eigenvalue weighted by atomic mass is 9.97. The number of nitrogens with one attached hydrogen (secondary N) is 1. The van der Waals surface area contributed by atoms with Crippen molar-refractivity contribution in [1.82, 2.24) is 10.2 Å². The third-order valence-corrected chi connectivity index (χ3v) is 5.95. The molecule has 0 unspecified atom stereocenters. The van der Waals surface area contributed by atoms with Crippen LogP contribution >= 0.6 is 23.2 Å². The average molecular weight is 451 g/mol. The minimum Gasteiger partial charge on any atom is -0.493 e. The Kier molecular flexibility index (Phi) is 7.87. The van der Waals surface area contributed by atoms with Gasteiger partial charge in [-0.15, -0.1) is 0 Å². The zero-order valence-corrected chi connectivity index (χ0v) is 19.1. The van der Waals surface area contributed by atoms with Crippen LogP contribution in [0.4, 0.5) is 0 Å². The van der Waals surface area contributed by atoms with Gasteiger partial charge in [0.1, 0.15) is 6.61 Å². The van der Waals surface area contributed by atoms with Crippen LogP contribution in [-0.4, -0.2) is 37.0 Å². The molecule has 1 N–H and O–H groups in total. The van der Waals surface area contributed by atoms with Crippen molar-refractivity contribution in [3.63, 3.8) is 0 Å². The SMILES string of the molecule is CC[C@@H](C)NC(=O)C1CN(Cc2ccc(OCc3ccc(Cl)cc3Cl)c(OC)c2)C1. The number of hydrogen-bond acceptors (Lipinski definition) is 4. The molecule has 30 heavy (non-hydrogen) atoms. The molecule has 1 aliphatic heterocycles. The molecule has 0 spiro atoms. The van der Waals surface area contributed by atoms with Crippen molar-refractivity contribution < 1.29 is 14.3 Å². The predicted octanol–water partition coefficient (Wildman–Crippen LogP) is 4.93. The molecular formula is C23H28Cl2N2O3. The number of amides is 1. The van der Waals surface area contributed by atoms with E-state index in [0.717, 1.165) is 37.2 Å². The molecule has 0 saturated carbocycles. The van der Waals surface area contributed by atoms with Crippen molar-refractivity contribution in [2.45, 2.75) is 39.5 Å². The number of carbonyl (C=O) groups excluding carboxylic acids is 1. The first-order valence-corrected chi connectivity index (χ1v) is 10.9. The summed E-state index contributed by atoms with van der Waals surface area (Å²) < 4.78 is 11.4. The van der Waals surface area contributed by atoms with Gasteiger partial charge in [-0.2, -0.15) is 0 Å². The van der Waals surface area contributed by atoms with Crippen molar-refractivity contribution in [2.75, 3.05) is 20.2 Å². The highest BCUT2D eigenvalue weighted by atomic mass is 35.5. The van der Waals surface area contributed by atoms with Gasteiger partial charge in [-0.05, 0) is 43.2 Å². The Morgan fingerprint density at radius 1 is 1.20 bits per heavy atom. The zero-order chi connectivity index (χ0) is 21.7. The maximum Gasteiger partial charge on any atom is 0.225 e. The van der Waals surface area contributed by atoms with Crippen LogP contribution in [0.2, 0.25) is 10.0 Å². The Morgan fingerprint density at radius 3 is 2.63 bits per heavy atom. The fraction of sp³-hybridized carbons (Fsp3) is 0.435. The van der Waals surface area contributed by atoms with Crippen LogP contribution in [0, 0.1) is 5.92 Å². The lowest BCUT2D eigenvalue weighted by molar-refractivity contribution is -0.131. The molecule has 1 saturated heterocycles. The third-order valence-electron chi connectivity index (χ3n) is 5.36. The minimum absolute atomic E-state index is 0.0765. The maximum absolute atomic E-state index is 12.2. The van der Waals surface area contributed by atoms with Crippen LogP contribution in [-0.2, 0) is 17.9 Å². The summed E-state index contributed by atoms with van der Waals surface area (Å²) >= 11 is 12.2. The molecule has 0 aliphatic carbocycles. The van der Waals surface area contributed by atoms with E-state index in [1.165, 1.54) is 0 Å². The van der Waals surface area contributed by atoms with Gasteiger partial charge < -0.3 is 14.8 Å². The monoisotopic (exact) mass is 450 g/mol. The van der Waals surface area contributed by atoms with Crippen LogP contribution in [0.1, 0.15) is 31.4 Å². The summed E-state index contributed by atoms with van der Waals surface area (Å²) in [4.78, 5) is 14.4. The molecule has 0 bridgehead atoms. The van der Waals surface area contributed by atoms with E-state index >= 15 is 0 Å². The van der Waals surface area contributed by atoms with E-state index in [0.29, 0.717) is 28.2 Å². The quantitative estimate of drug-likeness (QED) is 0.588. The van der Waals surface area contributed by atoms with Gasteiger partial charge in [-0.25, -0.2) is 0 Å². The molecule has 162 valence electrons. The highest BCUT2D eigenvalue weighted by Crippen LogP contribution is 2.31. The molecule has 1 aliphatic rings. The molecule has 5 nitrogen and oxygen atoms in total. The van der Waals surface area contributed by atoms with E-state index in [-0.39, 0.29) is 17.9 Å². The van der Waals surface area contributed by atoms with Crippen LogP contribution in [0.3, 0.4) is 0 Å². The number of ether oxygens (including phenoxy) is 2. The van der Waals surface area contributed by atoms with Crippen molar-refractivity contribution in [1.29, 1.82) is 0 Å². The number of nitrogens with zero attached hydrogens (tertiary/aromatic N) is 1. The number of benzene rings is 2. The fourth-order valence-corrected chi connectivity index (χ4v) is 3.77. The van der Waals surface area contributed by atoms with Crippen molar-refractivity contribution in [3.8, 4) is 11.5 Å². The second-order valence-corrected chi connectivity index (χ2v) is 8.56. The normalized spacial score (nSPS) is 15.4. The molecular weight excluding hydrogens is 423 g/mol. The summed E-state index contributed by atoms with van der Waals surface area (Å²) in [5, 5.41) is 4.22. The van der Waals surface area contributed by atoms with E-state index in [4.69, 9.17) is 32.7 Å². The van der Waals surface area contributed by atoms with Gasteiger partial charge in [0.25, 0.3) is 0 Å². The first-order valence-electron chi connectivity index (χ1n) is 10.2. The van der Waals surface area contributed by atoms with Gasteiger partial charge in [-0.3, -0.25) is 9.69 Å². The van der Waals surface area contributed by atoms with Crippen LogP contribution in [0.15, 0.2) is 36.4 Å². The summed E-state index contributed by atoms with van der Waals surface area (Å²) in [5.41, 5.74) is 1.97. The summed E-state index contributed by atoms with van der Waals surface area (Å²) in [6, 6.07) is 11.5. The molecule has 2 aromatic rings. The van der Waals surface area contributed by atoms with Crippen molar-refractivity contribution in [2.24, 2.45) is 5.92 Å². The molecule has 1 fully saturated rings. The van der Waals surface area contributed by atoms with Crippen molar-refractivity contribution in [3.05, 3.63) is 57.6 Å². The molecule has 1 atom stereocenters. The van der Waals surface area contributed by atoms with E-state index in [1.54, 1.807) is 19.2 Å². The fourth-order valence-electron chi connectivity index (χ4n) is 3.31. The van der Waals surface area contributed by atoms with Gasteiger partial charge in [0.2, 0.25) is 5.91 Å². The van der Waals surface area contributed by atoms with Gasteiger partial charge in [0.15, 0.2) is 11.5 Å². The summed E-state index contributed by atoms with van der Waals surface area (Å²) in [6.07, 6.45) is 0.945. The number of methoxy groups -OCH3 is 1. The smallest absolute Gasteiger partial charge is 0.225 e. The van der Waals surface area contributed by atoms with Crippen molar-refractivity contribution >= 4 is 29.1 Å². The standard InChI is InChI=1S/C23H28Cl2N2O3/c1-4-15(2)26-23(28)18-12-27(13-18)11-16-5-8-21(22(9-16)29-3)30-14-17-6-7-19(24)10-20(17)25/h5-10,15,18H,4,11-14H2,1-3H3,(H,26,28)/t15-/m1/s1. The number of hydrogen-bond donors (Lipinski definition) is 1. The van der Waals surface area contributed by atoms with Crippen LogP contribution < -0.4 is 14.8 Å². The van der Waals surface area contributed by atoms with Gasteiger partial charge in [0.05, 0.1) is 13.0 Å². The molecule has 0 aromatic heterocycles. The second kappa shape index (κ2) is 10.4. The molecule has 2 aromatic carbocycles. The van der Waals surface area contributed by atoms with E-state index in [9.17, 15) is 4.79 Å². The topological polar surface area (TPSA) is 50.8 Å². The van der Waals surface area contributed by atoms with Crippen LogP contribution in [0.25, 0.3) is 0 Å². The Morgan fingerprint density at radius 2 is 1.97 bits per heavy atom. The maximum atomic E-state index is 12.2.